The van der Waals surface area contributed by atoms with Crippen LogP contribution in [0.25, 0.3) is 16.0 Å². The van der Waals surface area contributed by atoms with E-state index in [1.54, 1.807) is 12.4 Å². The van der Waals surface area contributed by atoms with Crippen LogP contribution in [0.3, 0.4) is 0 Å². The van der Waals surface area contributed by atoms with E-state index < -0.39 is 5.41 Å². The van der Waals surface area contributed by atoms with Gasteiger partial charge in [-0.2, -0.15) is 0 Å². The minimum absolute atomic E-state index is 0.0498. The van der Waals surface area contributed by atoms with E-state index in [-0.39, 0.29) is 5.91 Å². The molecule has 0 aliphatic rings. The van der Waals surface area contributed by atoms with Gasteiger partial charge in [0.05, 0.1) is 12.0 Å². The predicted molar refractivity (Wildman–Crippen MR) is 106 cm³/mol. The molecule has 1 N–H and O–H groups in total. The molecule has 2 rings (SSSR count). The summed E-state index contributed by atoms with van der Waals surface area (Å²) in [5.74, 6) is 0.577. The molecule has 0 atom stereocenters. The molecule has 1 aromatic heterocycles. The zero-order valence-corrected chi connectivity index (χ0v) is 16.0. The van der Waals surface area contributed by atoms with Crippen LogP contribution in [0.2, 0.25) is 0 Å². The Bertz CT molecular complexity index is 784. The van der Waals surface area contributed by atoms with Crippen molar-refractivity contribution in [3.05, 3.63) is 59.7 Å². The highest BCUT2D eigenvalue weighted by atomic mass is 16.2. The Balaban J connectivity index is 2.15. The SMILES string of the molecule is [C-]#[N+]c1cncc(-c2ccc(C(C)(C)C(=O)NCC(CC)CC)cc2)c1. The maximum absolute atomic E-state index is 12.7. The van der Waals surface area contributed by atoms with Crippen LogP contribution in [0.1, 0.15) is 46.1 Å². The van der Waals surface area contributed by atoms with Crippen LogP contribution in [0, 0.1) is 12.5 Å². The molecule has 0 fully saturated rings. The van der Waals surface area contributed by atoms with Crippen molar-refractivity contribution < 1.29 is 4.79 Å². The summed E-state index contributed by atoms with van der Waals surface area (Å²) in [6.07, 6.45) is 5.45. The molecule has 0 spiro atoms. The van der Waals surface area contributed by atoms with Gasteiger partial charge >= 0.3 is 0 Å². The molecule has 0 bridgehead atoms. The fourth-order valence-corrected chi connectivity index (χ4v) is 2.89. The van der Waals surface area contributed by atoms with Gasteiger partial charge < -0.3 is 5.32 Å². The van der Waals surface area contributed by atoms with Crippen LogP contribution in [0.5, 0.6) is 0 Å². The second kappa shape index (κ2) is 8.62. The molecule has 1 heterocycles. The van der Waals surface area contributed by atoms with Gasteiger partial charge in [0.25, 0.3) is 0 Å². The predicted octanol–water partition coefficient (Wildman–Crippen LogP) is 5.13. The summed E-state index contributed by atoms with van der Waals surface area (Å²) in [7, 11) is 0. The Morgan fingerprint density at radius 3 is 2.38 bits per heavy atom. The zero-order chi connectivity index (χ0) is 19.2. The third-order valence-electron chi connectivity index (χ3n) is 5.07. The molecule has 0 radical (unpaired) electrons. The maximum Gasteiger partial charge on any atom is 0.230 e. The van der Waals surface area contributed by atoms with Crippen LogP contribution in [-0.4, -0.2) is 17.4 Å². The number of hydrogen-bond donors (Lipinski definition) is 1. The van der Waals surface area contributed by atoms with Crippen molar-refractivity contribution >= 4 is 11.6 Å². The Morgan fingerprint density at radius 1 is 1.15 bits per heavy atom. The Labute approximate surface area is 156 Å². The monoisotopic (exact) mass is 349 g/mol. The molecule has 26 heavy (non-hydrogen) atoms. The lowest BCUT2D eigenvalue weighted by molar-refractivity contribution is -0.125. The fraction of sp³-hybridized carbons (Fsp3) is 0.409. The number of aromatic nitrogens is 1. The number of amides is 1. The average Bonchev–Trinajstić information content (AvgIpc) is 2.68. The van der Waals surface area contributed by atoms with E-state index in [0.29, 0.717) is 11.6 Å². The molecule has 1 amide bonds. The van der Waals surface area contributed by atoms with Crippen LogP contribution < -0.4 is 5.32 Å². The molecule has 0 aliphatic heterocycles. The van der Waals surface area contributed by atoms with Gasteiger partial charge in [-0.05, 0) is 42.5 Å². The quantitative estimate of drug-likeness (QED) is 0.704. The zero-order valence-electron chi connectivity index (χ0n) is 16.0. The van der Waals surface area contributed by atoms with E-state index in [1.807, 2.05) is 44.2 Å². The first-order valence-electron chi connectivity index (χ1n) is 9.14. The molecule has 1 aromatic carbocycles. The van der Waals surface area contributed by atoms with Crippen molar-refractivity contribution in [2.45, 2.75) is 46.0 Å². The lowest BCUT2D eigenvalue weighted by Gasteiger charge is -2.26. The molecule has 4 nitrogen and oxygen atoms in total. The van der Waals surface area contributed by atoms with Gasteiger partial charge in [-0.25, -0.2) is 4.85 Å². The number of hydrogen-bond acceptors (Lipinski definition) is 2. The molecule has 4 heteroatoms. The van der Waals surface area contributed by atoms with Gasteiger partial charge in [-0.1, -0.05) is 51.0 Å². The van der Waals surface area contributed by atoms with Gasteiger partial charge in [-0.15, -0.1) is 0 Å². The third kappa shape index (κ3) is 4.49. The van der Waals surface area contributed by atoms with Crippen molar-refractivity contribution in [2.75, 3.05) is 6.54 Å². The van der Waals surface area contributed by atoms with Gasteiger partial charge in [0.1, 0.15) is 0 Å². The van der Waals surface area contributed by atoms with Crippen molar-refractivity contribution in [1.29, 1.82) is 0 Å². The third-order valence-corrected chi connectivity index (χ3v) is 5.07. The molecule has 0 unspecified atom stereocenters. The van der Waals surface area contributed by atoms with E-state index in [0.717, 1.165) is 36.1 Å². The summed E-state index contributed by atoms with van der Waals surface area (Å²) >= 11 is 0. The Morgan fingerprint density at radius 2 is 1.81 bits per heavy atom. The van der Waals surface area contributed by atoms with Crippen LogP contribution in [-0.2, 0) is 10.2 Å². The topological polar surface area (TPSA) is 46.4 Å². The van der Waals surface area contributed by atoms with E-state index in [9.17, 15) is 4.79 Å². The number of carbonyl (C=O) groups excluding carboxylic acids is 1. The summed E-state index contributed by atoms with van der Waals surface area (Å²) in [6.45, 7) is 16.0. The van der Waals surface area contributed by atoms with Crippen molar-refractivity contribution in [2.24, 2.45) is 5.92 Å². The number of nitrogens with zero attached hydrogens (tertiary/aromatic N) is 2. The summed E-state index contributed by atoms with van der Waals surface area (Å²) in [4.78, 5) is 20.2. The maximum atomic E-state index is 12.7. The highest BCUT2D eigenvalue weighted by Crippen LogP contribution is 2.28. The van der Waals surface area contributed by atoms with E-state index in [2.05, 4.69) is 29.0 Å². The van der Waals surface area contributed by atoms with Gasteiger partial charge in [0, 0.05) is 18.9 Å². The summed E-state index contributed by atoms with van der Waals surface area (Å²) in [5.41, 5.74) is 2.78. The standard InChI is InChI=1S/C22H27N3O/c1-6-16(7-2)13-25-21(26)22(3,4)19-10-8-17(9-11-19)18-12-20(23-5)15-24-14-18/h8-12,14-16H,6-7,13H2,1-4H3,(H,25,26). The number of nitrogens with one attached hydrogen (secondary N) is 1. The minimum Gasteiger partial charge on any atom is -0.355 e. The Hall–Kier alpha value is -2.67. The summed E-state index contributed by atoms with van der Waals surface area (Å²) in [5, 5.41) is 3.10. The van der Waals surface area contributed by atoms with Crippen molar-refractivity contribution in [3.63, 3.8) is 0 Å². The smallest absolute Gasteiger partial charge is 0.230 e. The van der Waals surface area contributed by atoms with Crippen LogP contribution >= 0.6 is 0 Å². The second-order valence-electron chi connectivity index (χ2n) is 7.14. The fourth-order valence-electron chi connectivity index (χ4n) is 2.89. The van der Waals surface area contributed by atoms with E-state index in [1.165, 1.54) is 0 Å². The number of pyridine rings is 1. The molecule has 136 valence electrons. The highest BCUT2D eigenvalue weighted by molar-refractivity contribution is 5.87. The summed E-state index contributed by atoms with van der Waals surface area (Å²) in [6, 6.07) is 9.75. The Kier molecular flexibility index (Phi) is 6.52. The molecule has 0 saturated carbocycles. The molecule has 2 aromatic rings. The normalized spacial score (nSPS) is 11.2. The van der Waals surface area contributed by atoms with Crippen molar-refractivity contribution in [3.8, 4) is 11.1 Å². The second-order valence-corrected chi connectivity index (χ2v) is 7.14. The molecular formula is C22H27N3O. The minimum atomic E-state index is -0.596. The number of benzene rings is 1. The highest BCUT2D eigenvalue weighted by Gasteiger charge is 2.29. The lowest BCUT2D eigenvalue weighted by Crippen LogP contribution is -2.42. The molecular weight excluding hydrogens is 322 g/mol. The van der Waals surface area contributed by atoms with E-state index >= 15 is 0 Å². The first-order chi connectivity index (χ1) is 12.4. The number of rotatable bonds is 7. The van der Waals surface area contributed by atoms with Crippen molar-refractivity contribution in [1.82, 2.24) is 10.3 Å². The number of carbonyl (C=O) groups is 1. The largest absolute Gasteiger partial charge is 0.355 e. The van der Waals surface area contributed by atoms with Gasteiger partial charge in [0.15, 0.2) is 0 Å². The molecule has 0 aliphatic carbocycles. The van der Waals surface area contributed by atoms with Gasteiger partial charge in [0.2, 0.25) is 11.6 Å². The van der Waals surface area contributed by atoms with Crippen LogP contribution in [0.15, 0.2) is 42.7 Å². The van der Waals surface area contributed by atoms with E-state index in [4.69, 9.17) is 6.57 Å². The average molecular weight is 349 g/mol. The lowest BCUT2D eigenvalue weighted by atomic mass is 9.83. The van der Waals surface area contributed by atoms with Gasteiger partial charge in [-0.3, -0.25) is 9.78 Å². The first kappa shape index (κ1) is 19.7. The molecule has 0 saturated heterocycles. The first-order valence-corrected chi connectivity index (χ1v) is 9.14. The summed E-state index contributed by atoms with van der Waals surface area (Å²) < 4.78 is 0. The van der Waals surface area contributed by atoms with Crippen LogP contribution in [0.4, 0.5) is 5.69 Å².